The molecule has 37 heavy (non-hydrogen) atoms. The normalized spacial score (nSPS) is 14.9. The summed E-state index contributed by atoms with van der Waals surface area (Å²) in [6.45, 7) is 1.13. The van der Waals surface area contributed by atoms with Crippen LogP contribution in [0.5, 0.6) is 0 Å². The molecule has 1 N–H and O–H groups in total. The van der Waals surface area contributed by atoms with Crippen LogP contribution in [0.2, 0.25) is 20.1 Å². The van der Waals surface area contributed by atoms with Crippen molar-refractivity contribution in [1.29, 1.82) is 0 Å². The van der Waals surface area contributed by atoms with Crippen molar-refractivity contribution in [2.24, 2.45) is 0 Å². The predicted molar refractivity (Wildman–Crippen MR) is 150 cm³/mol. The second-order valence-electron chi connectivity index (χ2n) is 9.03. The number of anilines is 1. The Morgan fingerprint density at radius 1 is 1.03 bits per heavy atom. The maximum Gasteiger partial charge on any atom is 0.244 e. The van der Waals surface area contributed by atoms with Crippen LogP contribution in [0.25, 0.3) is 0 Å². The molecule has 3 rings (SSSR count). The summed E-state index contributed by atoms with van der Waals surface area (Å²) in [5, 5.41) is 4.13. The van der Waals surface area contributed by atoms with E-state index in [0.717, 1.165) is 36.2 Å². The zero-order valence-corrected chi connectivity index (χ0v) is 24.4. The highest BCUT2D eigenvalue weighted by atomic mass is 35.5. The van der Waals surface area contributed by atoms with Crippen LogP contribution in [0.3, 0.4) is 0 Å². The van der Waals surface area contributed by atoms with E-state index in [4.69, 9.17) is 46.4 Å². The third-order valence-corrected chi connectivity index (χ3v) is 8.58. The van der Waals surface area contributed by atoms with Gasteiger partial charge >= 0.3 is 0 Å². The lowest BCUT2D eigenvalue weighted by Gasteiger charge is -2.33. The number of hydrogen-bond donors (Lipinski definition) is 1. The highest BCUT2D eigenvalue weighted by Gasteiger charge is 2.33. The van der Waals surface area contributed by atoms with Crippen molar-refractivity contribution in [2.45, 2.75) is 57.7 Å². The summed E-state index contributed by atoms with van der Waals surface area (Å²) in [7, 11) is -3.92. The van der Waals surface area contributed by atoms with Gasteiger partial charge in [0.2, 0.25) is 21.8 Å². The molecule has 0 unspecified atom stereocenters. The van der Waals surface area contributed by atoms with Crippen molar-refractivity contribution >= 4 is 73.9 Å². The van der Waals surface area contributed by atoms with Crippen molar-refractivity contribution in [3.8, 4) is 0 Å². The van der Waals surface area contributed by atoms with Gasteiger partial charge < -0.3 is 10.2 Å². The van der Waals surface area contributed by atoms with Crippen molar-refractivity contribution in [2.75, 3.05) is 17.1 Å². The molecule has 1 aliphatic rings. The Balaban J connectivity index is 1.99. The number of carbonyl (C=O) groups excluding carboxylic acids is 2. The summed E-state index contributed by atoms with van der Waals surface area (Å²) < 4.78 is 26.4. The molecule has 1 aliphatic carbocycles. The number of amides is 2. The molecular weight excluding hydrogens is 580 g/mol. The first-order valence-electron chi connectivity index (χ1n) is 11.9. The van der Waals surface area contributed by atoms with Crippen LogP contribution in [-0.2, 0) is 26.2 Å². The molecule has 0 bridgehead atoms. The van der Waals surface area contributed by atoms with Crippen LogP contribution in [-0.4, -0.2) is 50.0 Å². The Morgan fingerprint density at radius 3 is 2.11 bits per heavy atom. The molecule has 0 aromatic heterocycles. The average molecular weight is 609 g/mol. The lowest BCUT2D eigenvalue weighted by atomic mass is 10.1. The molecule has 0 spiro atoms. The zero-order valence-electron chi connectivity index (χ0n) is 20.5. The second kappa shape index (κ2) is 12.9. The monoisotopic (exact) mass is 607 g/mol. The van der Waals surface area contributed by atoms with E-state index in [9.17, 15) is 18.0 Å². The highest BCUT2D eigenvalue weighted by Crippen LogP contribution is 2.30. The molecule has 1 atom stereocenters. The number of benzene rings is 2. The van der Waals surface area contributed by atoms with Gasteiger partial charge in [0.15, 0.2) is 0 Å². The average Bonchev–Trinajstić information content (AvgIpc) is 3.30. The van der Waals surface area contributed by atoms with E-state index >= 15 is 0 Å². The second-order valence-corrected chi connectivity index (χ2v) is 12.6. The molecule has 2 aromatic carbocycles. The Bertz CT molecular complexity index is 1210. The molecule has 1 fully saturated rings. The molecule has 2 amide bonds. The van der Waals surface area contributed by atoms with Gasteiger partial charge in [-0.2, -0.15) is 0 Å². The number of halogens is 4. The Labute approximate surface area is 238 Å². The fourth-order valence-electron chi connectivity index (χ4n) is 4.44. The third kappa shape index (κ3) is 7.90. The molecule has 12 heteroatoms. The first kappa shape index (κ1) is 29.8. The highest BCUT2D eigenvalue weighted by molar-refractivity contribution is 7.92. The van der Waals surface area contributed by atoms with Crippen molar-refractivity contribution in [3.63, 3.8) is 0 Å². The fourth-order valence-corrected chi connectivity index (χ4v) is 6.30. The van der Waals surface area contributed by atoms with Gasteiger partial charge in [0.1, 0.15) is 12.6 Å². The molecule has 0 aliphatic heterocycles. The van der Waals surface area contributed by atoms with Crippen molar-refractivity contribution in [1.82, 2.24) is 10.2 Å². The fraction of sp³-hybridized carbons (Fsp3) is 0.440. The molecular formula is C25H29Cl4N3O4S. The minimum atomic E-state index is -3.92. The summed E-state index contributed by atoms with van der Waals surface area (Å²) in [6.07, 6.45) is 5.10. The molecule has 202 valence electrons. The number of nitrogens with one attached hydrogen (secondary N) is 1. The van der Waals surface area contributed by atoms with E-state index in [1.54, 1.807) is 25.1 Å². The SMILES string of the molecule is CC[C@@H](C(=O)NC1CCCC1)N(Cc1c(Cl)cccc1Cl)C(=O)CN(c1cc(Cl)cc(Cl)c1)S(C)(=O)=O. The van der Waals surface area contributed by atoms with Crippen LogP contribution in [0, 0.1) is 0 Å². The first-order valence-corrected chi connectivity index (χ1v) is 15.2. The van der Waals surface area contributed by atoms with Crippen LogP contribution < -0.4 is 9.62 Å². The van der Waals surface area contributed by atoms with Gasteiger partial charge in [0.25, 0.3) is 0 Å². The number of carbonyl (C=O) groups is 2. The maximum atomic E-state index is 13.8. The molecule has 2 aromatic rings. The van der Waals surface area contributed by atoms with Crippen LogP contribution in [0.4, 0.5) is 5.69 Å². The standard InChI is InChI=1S/C25H29Cl4N3O4S/c1-3-23(25(34)30-18-7-4-5-8-18)31(14-20-21(28)9-6-10-22(20)29)24(33)15-32(37(2,35)36)19-12-16(26)11-17(27)13-19/h6,9-13,18,23H,3-5,7-8,14-15H2,1-2H3,(H,30,34)/t23-/m0/s1. The number of hydrogen-bond acceptors (Lipinski definition) is 4. The van der Waals surface area contributed by atoms with Crippen molar-refractivity contribution < 1.29 is 18.0 Å². The number of sulfonamides is 1. The first-order chi connectivity index (χ1) is 17.4. The summed E-state index contributed by atoms with van der Waals surface area (Å²) in [5.41, 5.74) is 0.593. The van der Waals surface area contributed by atoms with Crippen LogP contribution in [0.15, 0.2) is 36.4 Å². The molecule has 1 saturated carbocycles. The summed E-state index contributed by atoms with van der Waals surface area (Å²) in [5.74, 6) is -0.909. The Morgan fingerprint density at radius 2 is 1.59 bits per heavy atom. The summed E-state index contributed by atoms with van der Waals surface area (Å²) >= 11 is 25.0. The summed E-state index contributed by atoms with van der Waals surface area (Å²) in [6, 6.07) is 8.40. The molecule has 7 nitrogen and oxygen atoms in total. The topological polar surface area (TPSA) is 86.8 Å². The van der Waals surface area contributed by atoms with Crippen molar-refractivity contribution in [3.05, 3.63) is 62.1 Å². The van der Waals surface area contributed by atoms with E-state index in [2.05, 4.69) is 5.32 Å². The number of rotatable bonds is 10. The number of nitrogens with zero attached hydrogens (tertiary/aromatic N) is 2. The quantitative estimate of drug-likeness (QED) is 0.362. The minimum Gasteiger partial charge on any atom is -0.352 e. The summed E-state index contributed by atoms with van der Waals surface area (Å²) in [4.78, 5) is 28.5. The van der Waals surface area contributed by atoms with Gasteiger partial charge in [-0.1, -0.05) is 72.2 Å². The largest absolute Gasteiger partial charge is 0.352 e. The van der Waals surface area contributed by atoms with E-state index in [-0.39, 0.29) is 34.2 Å². The predicted octanol–water partition coefficient (Wildman–Crippen LogP) is 5.93. The molecule has 0 radical (unpaired) electrons. The van der Waals surface area contributed by atoms with E-state index in [0.29, 0.717) is 22.0 Å². The Kier molecular flexibility index (Phi) is 10.4. The molecule has 0 saturated heterocycles. The lowest BCUT2D eigenvalue weighted by Crippen LogP contribution is -2.53. The van der Waals surface area contributed by atoms with E-state index < -0.39 is 28.5 Å². The molecule has 0 heterocycles. The van der Waals surface area contributed by atoms with Gasteiger partial charge in [-0.05, 0) is 49.6 Å². The third-order valence-electron chi connectivity index (χ3n) is 6.29. The van der Waals surface area contributed by atoms with Gasteiger partial charge in [0.05, 0.1) is 11.9 Å². The van der Waals surface area contributed by atoms with Crippen LogP contribution >= 0.6 is 46.4 Å². The van der Waals surface area contributed by atoms with Gasteiger partial charge in [-0.15, -0.1) is 0 Å². The van der Waals surface area contributed by atoms with Gasteiger partial charge in [-0.25, -0.2) is 8.42 Å². The van der Waals surface area contributed by atoms with E-state index in [1.807, 2.05) is 0 Å². The van der Waals surface area contributed by atoms with Gasteiger partial charge in [0, 0.05) is 38.2 Å². The minimum absolute atomic E-state index is 0.0449. The zero-order chi connectivity index (χ0) is 27.3. The smallest absolute Gasteiger partial charge is 0.244 e. The lowest BCUT2D eigenvalue weighted by molar-refractivity contribution is -0.140. The Hall–Kier alpha value is -1.71. The van der Waals surface area contributed by atoms with Crippen LogP contribution in [0.1, 0.15) is 44.6 Å². The van der Waals surface area contributed by atoms with Gasteiger partial charge in [-0.3, -0.25) is 13.9 Å². The van der Waals surface area contributed by atoms with E-state index in [1.165, 1.54) is 23.1 Å². The maximum absolute atomic E-state index is 13.8.